The van der Waals surface area contributed by atoms with Gasteiger partial charge in [0.05, 0.1) is 17.8 Å². The molecule has 2 N–H and O–H groups in total. The number of nitrogens with zero attached hydrogens (tertiary/aromatic N) is 2. The zero-order chi connectivity index (χ0) is 21.3. The summed E-state index contributed by atoms with van der Waals surface area (Å²) in [5.41, 5.74) is 4.30. The van der Waals surface area contributed by atoms with Gasteiger partial charge in [0, 0.05) is 17.3 Å². The normalized spacial score (nSPS) is 13.2. The average molecular weight is 423 g/mol. The Bertz CT molecular complexity index is 1080. The van der Waals surface area contributed by atoms with Crippen molar-refractivity contribution < 1.29 is 9.59 Å². The van der Waals surface area contributed by atoms with Gasteiger partial charge in [-0.15, -0.1) is 0 Å². The SMILES string of the molecule is Cc1ccc(Cn2nc(C)c(C(=O)Nc3ccc(C(=O)NC4CC4)cc3)c2Cl)cc1. The molecule has 2 amide bonds. The fraction of sp³-hybridized carbons (Fsp3) is 0.261. The number of hydrogen-bond acceptors (Lipinski definition) is 3. The second-order valence-electron chi connectivity index (χ2n) is 7.67. The van der Waals surface area contributed by atoms with Crippen molar-refractivity contribution >= 4 is 29.1 Å². The minimum Gasteiger partial charge on any atom is -0.349 e. The van der Waals surface area contributed by atoms with Gasteiger partial charge in [-0.1, -0.05) is 41.4 Å². The van der Waals surface area contributed by atoms with Gasteiger partial charge in [-0.2, -0.15) is 5.10 Å². The Labute approximate surface area is 180 Å². The Balaban J connectivity index is 1.45. The van der Waals surface area contributed by atoms with Crippen LogP contribution in [0.15, 0.2) is 48.5 Å². The number of halogens is 1. The second-order valence-corrected chi connectivity index (χ2v) is 8.03. The van der Waals surface area contributed by atoms with E-state index in [4.69, 9.17) is 11.6 Å². The van der Waals surface area contributed by atoms with Gasteiger partial charge in [-0.3, -0.25) is 9.59 Å². The first-order valence-electron chi connectivity index (χ1n) is 9.91. The number of anilines is 1. The first-order valence-corrected chi connectivity index (χ1v) is 10.3. The van der Waals surface area contributed by atoms with Crippen LogP contribution < -0.4 is 10.6 Å². The Morgan fingerprint density at radius 3 is 2.33 bits per heavy atom. The predicted molar refractivity (Wildman–Crippen MR) is 117 cm³/mol. The van der Waals surface area contributed by atoms with Crippen molar-refractivity contribution in [3.05, 3.63) is 81.6 Å². The number of aromatic nitrogens is 2. The first-order chi connectivity index (χ1) is 14.4. The van der Waals surface area contributed by atoms with Gasteiger partial charge in [0.1, 0.15) is 5.15 Å². The molecule has 0 saturated heterocycles. The molecule has 4 rings (SSSR count). The third-order valence-electron chi connectivity index (χ3n) is 5.06. The molecular formula is C23H23ClN4O2. The summed E-state index contributed by atoms with van der Waals surface area (Å²) < 4.78 is 1.63. The van der Waals surface area contributed by atoms with Crippen molar-refractivity contribution in [3.8, 4) is 0 Å². The summed E-state index contributed by atoms with van der Waals surface area (Å²) in [6, 6.07) is 15.2. The third-order valence-corrected chi connectivity index (χ3v) is 5.45. The lowest BCUT2D eigenvalue weighted by atomic mass is 10.1. The van der Waals surface area contributed by atoms with E-state index in [9.17, 15) is 9.59 Å². The molecule has 1 aliphatic rings. The quantitative estimate of drug-likeness (QED) is 0.620. The van der Waals surface area contributed by atoms with Gasteiger partial charge in [0.2, 0.25) is 0 Å². The van der Waals surface area contributed by atoms with Crippen LogP contribution in [0, 0.1) is 13.8 Å². The maximum atomic E-state index is 12.8. The fourth-order valence-electron chi connectivity index (χ4n) is 3.18. The summed E-state index contributed by atoms with van der Waals surface area (Å²) in [6.45, 7) is 4.28. The van der Waals surface area contributed by atoms with Crippen molar-refractivity contribution in [3.63, 3.8) is 0 Å². The molecule has 0 radical (unpaired) electrons. The molecule has 1 aromatic heterocycles. The molecule has 0 atom stereocenters. The Morgan fingerprint density at radius 2 is 1.70 bits per heavy atom. The van der Waals surface area contributed by atoms with Crippen LogP contribution in [0.5, 0.6) is 0 Å². The number of carbonyl (C=O) groups is 2. The molecule has 1 fully saturated rings. The zero-order valence-corrected chi connectivity index (χ0v) is 17.7. The minimum atomic E-state index is -0.331. The lowest BCUT2D eigenvalue weighted by molar-refractivity contribution is 0.0950. The summed E-state index contributed by atoms with van der Waals surface area (Å²) in [6.07, 6.45) is 2.08. The van der Waals surface area contributed by atoms with Crippen molar-refractivity contribution in [2.75, 3.05) is 5.32 Å². The van der Waals surface area contributed by atoms with E-state index in [2.05, 4.69) is 15.7 Å². The Morgan fingerprint density at radius 1 is 1.03 bits per heavy atom. The van der Waals surface area contributed by atoms with E-state index >= 15 is 0 Å². The van der Waals surface area contributed by atoms with Crippen LogP contribution in [0.1, 0.15) is 50.4 Å². The number of aryl methyl sites for hydroxylation is 2. The van der Waals surface area contributed by atoms with Crippen LogP contribution in [-0.2, 0) is 6.54 Å². The molecule has 7 heteroatoms. The van der Waals surface area contributed by atoms with Crippen LogP contribution in [-0.4, -0.2) is 27.6 Å². The standard InChI is InChI=1S/C23H23ClN4O2/c1-14-3-5-16(6-4-14)13-28-21(24)20(15(2)27-28)23(30)26-18-9-7-17(8-10-18)22(29)25-19-11-12-19/h3-10,19H,11-13H2,1-2H3,(H,25,29)(H,26,30). The number of hydrogen-bond donors (Lipinski definition) is 2. The van der Waals surface area contributed by atoms with Gasteiger partial charge in [0.15, 0.2) is 0 Å². The molecule has 1 aliphatic carbocycles. The van der Waals surface area contributed by atoms with E-state index < -0.39 is 0 Å². The number of benzene rings is 2. The van der Waals surface area contributed by atoms with Crippen molar-refractivity contribution in [2.24, 2.45) is 0 Å². The molecule has 1 saturated carbocycles. The van der Waals surface area contributed by atoms with Gasteiger partial charge in [-0.05, 0) is 56.5 Å². The van der Waals surface area contributed by atoms with E-state index in [0.717, 1.165) is 18.4 Å². The summed E-state index contributed by atoms with van der Waals surface area (Å²) in [7, 11) is 0. The maximum Gasteiger partial charge on any atom is 0.260 e. The summed E-state index contributed by atoms with van der Waals surface area (Å²) in [5.74, 6) is -0.422. The highest BCUT2D eigenvalue weighted by Gasteiger charge is 2.24. The Hall–Kier alpha value is -3.12. The summed E-state index contributed by atoms with van der Waals surface area (Å²) in [5, 5.41) is 10.5. The van der Waals surface area contributed by atoms with E-state index in [1.165, 1.54) is 5.56 Å². The van der Waals surface area contributed by atoms with Crippen LogP contribution in [0.2, 0.25) is 5.15 Å². The molecule has 154 valence electrons. The number of rotatable bonds is 6. The third kappa shape index (κ3) is 4.54. The average Bonchev–Trinajstić information content (AvgIpc) is 3.48. The number of nitrogens with one attached hydrogen (secondary N) is 2. The molecule has 2 aromatic carbocycles. The molecule has 3 aromatic rings. The molecule has 30 heavy (non-hydrogen) atoms. The highest BCUT2D eigenvalue weighted by molar-refractivity contribution is 6.33. The summed E-state index contributed by atoms with van der Waals surface area (Å²) in [4.78, 5) is 24.9. The van der Waals surface area contributed by atoms with Crippen molar-refractivity contribution in [1.82, 2.24) is 15.1 Å². The first kappa shape index (κ1) is 20.2. The van der Waals surface area contributed by atoms with Gasteiger partial charge < -0.3 is 10.6 Å². The molecule has 6 nitrogen and oxygen atoms in total. The Kier molecular flexibility index (Phi) is 5.59. The number of carbonyl (C=O) groups excluding carboxylic acids is 2. The lowest BCUT2D eigenvalue weighted by Crippen LogP contribution is -2.25. The lowest BCUT2D eigenvalue weighted by Gasteiger charge is -2.08. The zero-order valence-electron chi connectivity index (χ0n) is 16.9. The highest BCUT2D eigenvalue weighted by atomic mass is 35.5. The van der Waals surface area contributed by atoms with Crippen LogP contribution in [0.25, 0.3) is 0 Å². The van der Waals surface area contributed by atoms with Gasteiger partial charge in [0.25, 0.3) is 11.8 Å². The van der Waals surface area contributed by atoms with Crippen molar-refractivity contribution in [2.45, 2.75) is 39.3 Å². The topological polar surface area (TPSA) is 76.0 Å². The van der Waals surface area contributed by atoms with E-state index in [1.54, 1.807) is 35.9 Å². The maximum absolute atomic E-state index is 12.8. The smallest absolute Gasteiger partial charge is 0.260 e. The molecular weight excluding hydrogens is 400 g/mol. The summed E-state index contributed by atoms with van der Waals surface area (Å²) >= 11 is 6.48. The monoisotopic (exact) mass is 422 g/mol. The molecule has 0 unspecified atom stereocenters. The fourth-order valence-corrected chi connectivity index (χ4v) is 3.50. The van der Waals surface area contributed by atoms with Gasteiger partial charge >= 0.3 is 0 Å². The van der Waals surface area contributed by atoms with Crippen LogP contribution >= 0.6 is 11.6 Å². The van der Waals surface area contributed by atoms with E-state index in [0.29, 0.717) is 40.2 Å². The van der Waals surface area contributed by atoms with Crippen LogP contribution in [0.3, 0.4) is 0 Å². The minimum absolute atomic E-state index is 0.0911. The van der Waals surface area contributed by atoms with Crippen LogP contribution in [0.4, 0.5) is 5.69 Å². The molecule has 0 aliphatic heterocycles. The predicted octanol–water partition coefficient (Wildman–Crippen LogP) is 4.35. The number of amides is 2. The largest absolute Gasteiger partial charge is 0.349 e. The molecule has 0 bridgehead atoms. The van der Waals surface area contributed by atoms with Crippen molar-refractivity contribution in [1.29, 1.82) is 0 Å². The molecule has 0 spiro atoms. The van der Waals surface area contributed by atoms with Gasteiger partial charge in [-0.25, -0.2) is 4.68 Å². The second kappa shape index (κ2) is 8.32. The molecule has 1 heterocycles. The van der Waals surface area contributed by atoms with E-state index in [-0.39, 0.29) is 11.8 Å². The van der Waals surface area contributed by atoms with E-state index in [1.807, 2.05) is 31.2 Å². The highest BCUT2D eigenvalue weighted by Crippen LogP contribution is 2.23.